The average molecular weight is 641 g/mol. The Labute approximate surface area is 273 Å². The van der Waals surface area contributed by atoms with Crippen molar-refractivity contribution in [1.29, 1.82) is 0 Å². The third-order valence-corrected chi connectivity index (χ3v) is 10.1. The fraction of sp³-hybridized carbons (Fsp3) is 0.325. The number of hydrogen-bond donors (Lipinski definition) is 2. The predicted octanol–water partition coefficient (Wildman–Crippen LogP) is 8.94. The van der Waals surface area contributed by atoms with Gasteiger partial charge in [0.2, 0.25) is 0 Å². The first-order valence-electron chi connectivity index (χ1n) is 15.9. The number of aliphatic hydroxyl groups is 2. The minimum absolute atomic E-state index is 0.0904. The number of halogens is 3. The van der Waals surface area contributed by atoms with Crippen molar-refractivity contribution in [3.8, 4) is 33.4 Å². The van der Waals surface area contributed by atoms with Crippen LogP contribution in [0.25, 0.3) is 33.4 Å². The summed E-state index contributed by atoms with van der Waals surface area (Å²) in [5, 5.41) is 19.7. The first kappa shape index (κ1) is 32.7. The van der Waals surface area contributed by atoms with Crippen molar-refractivity contribution in [3.63, 3.8) is 0 Å². The number of carbonyl (C=O) groups excluding carboxylic acids is 1. The second kappa shape index (κ2) is 11.8. The number of unbranched alkanes of at least 4 members (excludes halogenated alkanes) is 1. The van der Waals surface area contributed by atoms with Crippen LogP contribution in [0.3, 0.4) is 0 Å². The van der Waals surface area contributed by atoms with E-state index >= 15 is 0 Å². The van der Waals surface area contributed by atoms with Crippen molar-refractivity contribution < 1.29 is 32.9 Å². The van der Waals surface area contributed by atoms with Crippen LogP contribution in [0.1, 0.15) is 79.5 Å². The second-order valence-electron chi connectivity index (χ2n) is 13.5. The summed E-state index contributed by atoms with van der Waals surface area (Å²) in [5.74, 6) is -0.367. The van der Waals surface area contributed by atoms with Gasteiger partial charge in [-0.25, -0.2) is 4.79 Å². The molecule has 47 heavy (non-hydrogen) atoms. The average Bonchev–Trinajstić information content (AvgIpc) is 3.43. The van der Waals surface area contributed by atoms with E-state index in [0.29, 0.717) is 40.0 Å². The van der Waals surface area contributed by atoms with Gasteiger partial charge in [-0.3, -0.25) is 0 Å². The van der Waals surface area contributed by atoms with E-state index < -0.39 is 18.2 Å². The van der Waals surface area contributed by atoms with Gasteiger partial charge in [0.05, 0.1) is 19.8 Å². The van der Waals surface area contributed by atoms with Gasteiger partial charge in [-0.15, -0.1) is 0 Å². The minimum Gasteiger partial charge on any atom is -0.462 e. The number of carbonyl (C=O) groups is 1. The van der Waals surface area contributed by atoms with E-state index in [1.165, 1.54) is 24.1 Å². The van der Waals surface area contributed by atoms with Crippen LogP contribution < -0.4 is 0 Å². The van der Waals surface area contributed by atoms with Crippen molar-refractivity contribution >= 4 is 5.97 Å². The van der Waals surface area contributed by atoms with Gasteiger partial charge in [-0.1, -0.05) is 69.0 Å². The Morgan fingerprint density at radius 1 is 0.745 bits per heavy atom. The Morgan fingerprint density at radius 3 is 1.87 bits per heavy atom. The number of ether oxygens (including phenoxy) is 1. The largest absolute Gasteiger partial charge is 0.462 e. The lowest BCUT2D eigenvalue weighted by molar-refractivity contribution is -0.172. The van der Waals surface area contributed by atoms with Crippen LogP contribution in [0, 0.1) is 0 Å². The summed E-state index contributed by atoms with van der Waals surface area (Å²) in [7, 11) is 0. The number of aryl methyl sites for hydroxylation is 1. The van der Waals surface area contributed by atoms with Gasteiger partial charge in [0.15, 0.2) is 0 Å². The topological polar surface area (TPSA) is 66.8 Å². The second-order valence-corrected chi connectivity index (χ2v) is 13.5. The molecule has 0 saturated heterocycles. The van der Waals surface area contributed by atoms with Crippen molar-refractivity contribution in [2.75, 3.05) is 6.61 Å². The monoisotopic (exact) mass is 640 g/mol. The summed E-state index contributed by atoms with van der Waals surface area (Å²) in [5.41, 5.74) is 7.03. The molecule has 0 aliphatic heterocycles. The van der Waals surface area contributed by atoms with Crippen LogP contribution in [0.4, 0.5) is 13.2 Å². The van der Waals surface area contributed by atoms with E-state index in [4.69, 9.17) is 4.74 Å². The number of hydrogen-bond acceptors (Lipinski definition) is 4. The highest BCUT2D eigenvalue weighted by Gasteiger charge is 2.58. The molecular weight excluding hydrogens is 601 g/mol. The van der Waals surface area contributed by atoms with Crippen molar-refractivity contribution in [2.24, 2.45) is 0 Å². The molecule has 4 aromatic carbocycles. The molecule has 7 heteroatoms. The minimum atomic E-state index is -4.59. The molecule has 1 unspecified atom stereocenters. The van der Waals surface area contributed by atoms with Crippen LogP contribution in [0.15, 0.2) is 78.9 Å². The van der Waals surface area contributed by atoms with Crippen LogP contribution in [-0.4, -0.2) is 29.0 Å². The SMILES string of the molecule is C=C(C)C(=O)OCCCCc1ccc2c(c1)C(C)(C)c1cc(-c3ccc4c(c3)C(C)(C(F)(F)F)c3cc(CO)c(CO)cc3-4)ccc1-2. The normalized spacial score (nSPS) is 17.1. The van der Waals surface area contributed by atoms with E-state index in [1.54, 1.807) is 25.1 Å². The highest BCUT2D eigenvalue weighted by atomic mass is 19.4. The summed E-state index contributed by atoms with van der Waals surface area (Å²) in [6, 6.07) is 20.9. The molecule has 1 atom stereocenters. The van der Waals surface area contributed by atoms with E-state index in [0.717, 1.165) is 41.5 Å². The summed E-state index contributed by atoms with van der Waals surface area (Å²) in [4.78, 5) is 11.6. The molecule has 6 rings (SSSR count). The summed E-state index contributed by atoms with van der Waals surface area (Å²) >= 11 is 0. The zero-order valence-electron chi connectivity index (χ0n) is 27.1. The first-order chi connectivity index (χ1) is 22.2. The van der Waals surface area contributed by atoms with Gasteiger partial charge < -0.3 is 14.9 Å². The molecule has 0 spiro atoms. The molecule has 0 amide bonds. The van der Waals surface area contributed by atoms with Gasteiger partial charge in [-0.05, 0) is 124 Å². The number of rotatable bonds is 9. The molecule has 0 radical (unpaired) electrons. The van der Waals surface area contributed by atoms with Crippen LogP contribution in [0.5, 0.6) is 0 Å². The Morgan fingerprint density at radius 2 is 1.28 bits per heavy atom. The van der Waals surface area contributed by atoms with Crippen molar-refractivity contribution in [2.45, 2.75) is 77.2 Å². The maximum absolute atomic E-state index is 15.0. The maximum Gasteiger partial charge on any atom is 0.402 e. The zero-order valence-corrected chi connectivity index (χ0v) is 27.1. The molecular formula is C40H39F3O4. The van der Waals surface area contributed by atoms with E-state index in [1.807, 2.05) is 12.1 Å². The van der Waals surface area contributed by atoms with Crippen LogP contribution in [-0.2, 0) is 40.0 Å². The first-order valence-corrected chi connectivity index (χ1v) is 15.9. The van der Waals surface area contributed by atoms with E-state index in [9.17, 15) is 28.2 Å². The van der Waals surface area contributed by atoms with Crippen LogP contribution >= 0.6 is 0 Å². The number of fused-ring (bicyclic) bond motifs is 6. The van der Waals surface area contributed by atoms with Gasteiger partial charge in [0.25, 0.3) is 0 Å². The molecule has 2 aliphatic carbocycles. The molecule has 4 aromatic rings. The van der Waals surface area contributed by atoms with Gasteiger partial charge in [0.1, 0.15) is 5.41 Å². The number of esters is 1. The van der Waals surface area contributed by atoms with E-state index in [-0.39, 0.29) is 29.1 Å². The Bertz CT molecular complexity index is 1920. The summed E-state index contributed by atoms with van der Waals surface area (Å²) in [6.45, 7) is 10.3. The van der Waals surface area contributed by atoms with Gasteiger partial charge in [-0.2, -0.15) is 13.2 Å². The quantitative estimate of drug-likeness (QED) is 0.109. The fourth-order valence-electron chi connectivity index (χ4n) is 7.28. The number of benzene rings is 4. The Balaban J connectivity index is 1.31. The lowest BCUT2D eigenvalue weighted by Gasteiger charge is -2.31. The molecule has 0 fully saturated rings. The van der Waals surface area contributed by atoms with Gasteiger partial charge >= 0.3 is 12.1 Å². The summed E-state index contributed by atoms with van der Waals surface area (Å²) < 4.78 is 50.1. The Hall–Kier alpha value is -4.20. The standard InChI is InChI=1S/C40H39F3O4/c1-23(2)37(46)47-15-7-6-8-24-9-12-29-30-13-10-25(18-34(30)38(3,4)33(29)16-24)26-11-14-31-32-17-27(21-44)28(22-45)20-36(32)39(5,35(31)19-26)40(41,42)43/h9-14,16-20,44-45H,1,6-8,15,21-22H2,2-5H3. The lowest BCUT2D eigenvalue weighted by Crippen LogP contribution is -2.39. The van der Waals surface area contributed by atoms with Crippen LogP contribution in [0.2, 0.25) is 0 Å². The zero-order chi connectivity index (χ0) is 33.9. The molecule has 0 heterocycles. The molecule has 0 saturated carbocycles. The third kappa shape index (κ3) is 5.30. The third-order valence-electron chi connectivity index (χ3n) is 10.1. The van der Waals surface area contributed by atoms with E-state index in [2.05, 4.69) is 50.8 Å². The maximum atomic E-state index is 15.0. The highest BCUT2D eigenvalue weighted by Crippen LogP contribution is 2.58. The fourth-order valence-corrected chi connectivity index (χ4v) is 7.28. The predicted molar refractivity (Wildman–Crippen MR) is 178 cm³/mol. The van der Waals surface area contributed by atoms with Gasteiger partial charge in [0, 0.05) is 11.0 Å². The molecule has 0 aromatic heterocycles. The molecule has 0 bridgehead atoms. The Kier molecular flexibility index (Phi) is 8.22. The van der Waals surface area contributed by atoms with Crippen molar-refractivity contribution in [1.82, 2.24) is 0 Å². The number of aliphatic hydroxyl groups excluding tert-OH is 2. The molecule has 2 aliphatic rings. The van der Waals surface area contributed by atoms with Crippen molar-refractivity contribution in [3.05, 3.63) is 118 Å². The number of alkyl halides is 3. The smallest absolute Gasteiger partial charge is 0.402 e. The molecule has 244 valence electrons. The highest BCUT2D eigenvalue weighted by molar-refractivity contribution is 5.88. The molecule has 2 N–H and O–H groups in total. The lowest BCUT2D eigenvalue weighted by atomic mass is 9.77. The summed E-state index contributed by atoms with van der Waals surface area (Å²) in [6.07, 6.45) is -2.10. The molecule has 4 nitrogen and oxygen atoms in total.